The lowest BCUT2D eigenvalue weighted by atomic mass is 10.0. The average molecular weight is 268 g/mol. The molecule has 1 fully saturated rings. The smallest absolute Gasteiger partial charge is 0.0448 e. The summed E-state index contributed by atoms with van der Waals surface area (Å²) in [6, 6.07) is 13.9. The van der Waals surface area contributed by atoms with Gasteiger partial charge < -0.3 is 10.6 Å². The maximum absolute atomic E-state index is 5.88. The van der Waals surface area contributed by atoms with Crippen LogP contribution < -0.4 is 10.6 Å². The summed E-state index contributed by atoms with van der Waals surface area (Å²) in [7, 11) is 0. The summed E-state index contributed by atoms with van der Waals surface area (Å²) in [6.45, 7) is 3.96. The lowest BCUT2D eigenvalue weighted by molar-refractivity contribution is 0.621. The van der Waals surface area contributed by atoms with E-state index < -0.39 is 0 Å². The van der Waals surface area contributed by atoms with Crippen LogP contribution in [0, 0.1) is 0 Å². The first kappa shape index (κ1) is 13.4. The van der Waals surface area contributed by atoms with Crippen molar-refractivity contribution in [3.63, 3.8) is 0 Å². The predicted molar refractivity (Wildman–Crippen MR) is 87.1 cm³/mol. The molecule has 0 atom stereocenters. The average Bonchev–Trinajstić information content (AvgIpc) is 3.02. The summed E-state index contributed by atoms with van der Waals surface area (Å²) in [5, 5.41) is 2.66. The van der Waals surface area contributed by atoms with Gasteiger partial charge in [0.1, 0.15) is 0 Å². The normalized spacial score (nSPS) is 15.9. The van der Waals surface area contributed by atoms with Crippen molar-refractivity contribution in [3.8, 4) is 0 Å². The molecule has 0 saturated heterocycles. The van der Waals surface area contributed by atoms with Crippen LogP contribution in [0.25, 0.3) is 10.8 Å². The predicted octanol–water partition coefficient (Wildman–Crippen LogP) is 4.07. The number of fused-ring (bicyclic) bond motifs is 1. The van der Waals surface area contributed by atoms with Crippen LogP contribution >= 0.6 is 0 Å². The molecule has 0 radical (unpaired) electrons. The Kier molecular flexibility index (Phi) is 3.93. The van der Waals surface area contributed by atoms with Gasteiger partial charge in [0.2, 0.25) is 0 Å². The van der Waals surface area contributed by atoms with Gasteiger partial charge >= 0.3 is 0 Å². The first-order valence-electron chi connectivity index (χ1n) is 7.82. The zero-order valence-corrected chi connectivity index (χ0v) is 12.3. The molecule has 2 N–H and O–H groups in total. The number of nitrogens with zero attached hydrogens (tertiary/aromatic N) is 1. The number of rotatable bonds is 4. The quantitative estimate of drug-likeness (QED) is 0.905. The molecule has 2 aromatic rings. The van der Waals surface area contributed by atoms with Gasteiger partial charge in [0.15, 0.2) is 0 Å². The number of anilines is 1. The molecule has 0 heterocycles. The van der Waals surface area contributed by atoms with Gasteiger partial charge in [0.05, 0.1) is 0 Å². The fourth-order valence-electron chi connectivity index (χ4n) is 3.62. The molecule has 0 spiro atoms. The van der Waals surface area contributed by atoms with Gasteiger partial charge in [-0.2, -0.15) is 0 Å². The summed E-state index contributed by atoms with van der Waals surface area (Å²) < 4.78 is 0. The van der Waals surface area contributed by atoms with Crippen molar-refractivity contribution in [2.24, 2.45) is 5.73 Å². The molecule has 1 aliphatic rings. The Morgan fingerprint density at radius 2 is 1.75 bits per heavy atom. The molecule has 2 aromatic carbocycles. The Morgan fingerprint density at radius 3 is 2.40 bits per heavy atom. The Bertz CT molecular complexity index is 585. The van der Waals surface area contributed by atoms with Crippen molar-refractivity contribution < 1.29 is 0 Å². The third-order valence-electron chi connectivity index (χ3n) is 4.63. The van der Waals surface area contributed by atoms with Gasteiger partial charge in [-0.05, 0) is 36.8 Å². The van der Waals surface area contributed by atoms with E-state index >= 15 is 0 Å². The van der Waals surface area contributed by atoms with E-state index in [-0.39, 0.29) is 0 Å². The number of benzene rings is 2. The number of nitrogens with two attached hydrogens (primary N) is 1. The lowest BCUT2D eigenvalue weighted by Crippen LogP contribution is -2.33. The molecular formula is C18H24N2. The van der Waals surface area contributed by atoms with Crippen molar-refractivity contribution >= 4 is 16.5 Å². The van der Waals surface area contributed by atoms with Crippen LogP contribution in [0.1, 0.15) is 38.2 Å². The molecule has 0 bridgehead atoms. The van der Waals surface area contributed by atoms with Gasteiger partial charge in [-0.1, -0.05) is 43.2 Å². The largest absolute Gasteiger partial charge is 0.368 e. The van der Waals surface area contributed by atoms with Crippen LogP contribution in [0.3, 0.4) is 0 Å². The second-order valence-electron chi connectivity index (χ2n) is 5.72. The van der Waals surface area contributed by atoms with Crippen LogP contribution in [0.5, 0.6) is 0 Å². The van der Waals surface area contributed by atoms with E-state index in [9.17, 15) is 0 Å². The topological polar surface area (TPSA) is 29.3 Å². The van der Waals surface area contributed by atoms with E-state index in [0.717, 1.165) is 6.54 Å². The zero-order chi connectivity index (χ0) is 13.9. The molecular weight excluding hydrogens is 244 g/mol. The minimum Gasteiger partial charge on any atom is -0.368 e. The van der Waals surface area contributed by atoms with Crippen molar-refractivity contribution in [2.75, 3.05) is 11.4 Å². The zero-order valence-electron chi connectivity index (χ0n) is 12.3. The highest BCUT2D eigenvalue weighted by atomic mass is 15.2. The molecule has 3 rings (SSSR count). The molecule has 0 aliphatic heterocycles. The van der Waals surface area contributed by atoms with Crippen LogP contribution in [0.2, 0.25) is 0 Å². The van der Waals surface area contributed by atoms with E-state index in [2.05, 4.69) is 48.2 Å². The summed E-state index contributed by atoms with van der Waals surface area (Å²) in [5.74, 6) is 0. The van der Waals surface area contributed by atoms with Crippen molar-refractivity contribution in [1.29, 1.82) is 0 Å². The fourth-order valence-corrected chi connectivity index (χ4v) is 3.62. The number of hydrogen-bond donors (Lipinski definition) is 1. The summed E-state index contributed by atoms with van der Waals surface area (Å²) in [5.41, 5.74) is 8.51. The Hall–Kier alpha value is -1.54. The van der Waals surface area contributed by atoms with Crippen LogP contribution in [-0.4, -0.2) is 12.6 Å². The Labute approximate surface area is 121 Å². The van der Waals surface area contributed by atoms with E-state index in [1.807, 2.05) is 0 Å². The second kappa shape index (κ2) is 5.84. The Morgan fingerprint density at radius 1 is 1.05 bits per heavy atom. The summed E-state index contributed by atoms with van der Waals surface area (Å²) in [6.07, 6.45) is 5.42. The van der Waals surface area contributed by atoms with Gasteiger partial charge in [-0.25, -0.2) is 0 Å². The summed E-state index contributed by atoms with van der Waals surface area (Å²) in [4.78, 5) is 2.59. The third-order valence-corrected chi connectivity index (χ3v) is 4.63. The molecule has 2 nitrogen and oxygen atoms in total. The van der Waals surface area contributed by atoms with Crippen molar-refractivity contribution in [2.45, 2.75) is 45.2 Å². The van der Waals surface area contributed by atoms with Crippen molar-refractivity contribution in [3.05, 3.63) is 42.0 Å². The van der Waals surface area contributed by atoms with Gasteiger partial charge in [-0.15, -0.1) is 0 Å². The first-order chi connectivity index (χ1) is 9.85. The first-order valence-corrected chi connectivity index (χ1v) is 7.82. The molecule has 20 heavy (non-hydrogen) atoms. The maximum Gasteiger partial charge on any atom is 0.0448 e. The highest BCUT2D eigenvalue weighted by Gasteiger charge is 2.23. The minimum atomic E-state index is 0.607. The van der Waals surface area contributed by atoms with Crippen molar-refractivity contribution in [1.82, 2.24) is 0 Å². The van der Waals surface area contributed by atoms with E-state index in [1.54, 1.807) is 0 Å². The van der Waals surface area contributed by atoms with Crippen LogP contribution in [0.4, 0.5) is 5.69 Å². The van der Waals surface area contributed by atoms with E-state index in [1.165, 1.54) is 47.7 Å². The minimum absolute atomic E-state index is 0.607. The molecule has 1 saturated carbocycles. The maximum atomic E-state index is 5.88. The molecule has 0 amide bonds. The second-order valence-corrected chi connectivity index (χ2v) is 5.72. The Balaban J connectivity index is 2.10. The molecule has 2 heteroatoms. The van der Waals surface area contributed by atoms with E-state index in [4.69, 9.17) is 5.73 Å². The molecule has 106 valence electrons. The molecule has 0 aromatic heterocycles. The van der Waals surface area contributed by atoms with Crippen LogP contribution in [0.15, 0.2) is 36.4 Å². The highest BCUT2D eigenvalue weighted by Crippen LogP contribution is 2.34. The molecule has 1 aliphatic carbocycles. The third kappa shape index (κ3) is 2.29. The summed E-state index contributed by atoms with van der Waals surface area (Å²) >= 11 is 0. The van der Waals surface area contributed by atoms with Gasteiger partial charge in [0.25, 0.3) is 0 Å². The lowest BCUT2D eigenvalue weighted by Gasteiger charge is -2.31. The standard InChI is InChI=1S/C18H24N2/c1-2-20(15-7-3-4-8-15)18-12-11-14(13-19)16-9-5-6-10-17(16)18/h5-6,9-12,15H,2-4,7-8,13,19H2,1H3. The van der Waals surface area contributed by atoms with Gasteiger partial charge in [-0.3, -0.25) is 0 Å². The highest BCUT2D eigenvalue weighted by molar-refractivity contribution is 5.96. The van der Waals surface area contributed by atoms with Crippen LogP contribution in [-0.2, 0) is 6.54 Å². The SMILES string of the molecule is CCN(c1ccc(CN)c2ccccc12)C1CCCC1. The van der Waals surface area contributed by atoms with E-state index in [0.29, 0.717) is 12.6 Å². The fraction of sp³-hybridized carbons (Fsp3) is 0.444. The number of hydrogen-bond acceptors (Lipinski definition) is 2. The monoisotopic (exact) mass is 268 g/mol. The molecule has 0 unspecified atom stereocenters. The van der Waals surface area contributed by atoms with Gasteiger partial charge in [0, 0.05) is 30.2 Å².